The molecule has 0 fully saturated rings. The first kappa shape index (κ1) is 61.9. The van der Waals surface area contributed by atoms with E-state index in [1.807, 2.05) is 0 Å². The van der Waals surface area contributed by atoms with Gasteiger partial charge in [-0.05, 0) is 130 Å². The second kappa shape index (κ2) is 28.3. The van der Waals surface area contributed by atoms with Crippen molar-refractivity contribution in [3.8, 4) is 23.0 Å². The quantitative estimate of drug-likeness (QED) is 0.0323. The van der Waals surface area contributed by atoms with Crippen LogP contribution in [0.15, 0.2) is 97.1 Å². The van der Waals surface area contributed by atoms with Crippen molar-refractivity contribution in [1.82, 2.24) is 10.6 Å². The van der Waals surface area contributed by atoms with Crippen LogP contribution in [0.2, 0.25) is 0 Å². The molecule has 0 spiro atoms. The Labute approximate surface area is 482 Å². The molecule has 7 rings (SSSR count). The first-order chi connectivity index (χ1) is 39.1. The second-order valence-electron chi connectivity index (χ2n) is 23.8. The van der Waals surface area contributed by atoms with Crippen LogP contribution >= 0.6 is 0 Å². The first-order valence-electron chi connectivity index (χ1n) is 29.1. The fourth-order valence-corrected chi connectivity index (χ4v) is 10.3. The maximum atomic E-state index is 13.8. The van der Waals surface area contributed by atoms with Gasteiger partial charge in [-0.25, -0.2) is 18.4 Å². The predicted octanol–water partition coefficient (Wildman–Crippen LogP) is 16.0. The van der Waals surface area contributed by atoms with Crippen LogP contribution in [0.5, 0.6) is 23.0 Å². The number of hydrogen-bond acceptors (Lipinski definition) is 8. The molecule has 436 valence electrons. The third-order valence-electron chi connectivity index (χ3n) is 14.9. The minimum Gasteiger partial charge on any atom is -0.507 e. The van der Waals surface area contributed by atoms with Crippen LogP contribution in [-0.2, 0) is 36.5 Å². The number of nitrogens with one attached hydrogen (secondary N) is 4. The SMILES string of the molecule is CCCCCCCCOc1c2cc(C(C)(C)C)cc1Cc1cc(NC(=O)NC(=O)c3ccc(F)cc3)cc(c1O)Cc1cc(C(C)(C)C)cc(c1OCCCCCCCC)Cc1cc(NC(=O)NC(=O)c3ccc(F)cc3)cc(c1O)C2. The van der Waals surface area contributed by atoms with Crippen LogP contribution < -0.4 is 30.7 Å². The van der Waals surface area contributed by atoms with Crippen LogP contribution in [0, 0.1) is 11.6 Å². The van der Waals surface area contributed by atoms with E-state index in [-0.39, 0.29) is 48.3 Å². The van der Waals surface area contributed by atoms with Crippen LogP contribution in [0.25, 0.3) is 0 Å². The van der Waals surface area contributed by atoms with Crippen molar-refractivity contribution < 1.29 is 47.6 Å². The number of unbranched alkanes of at least 4 members (excludes halogenated alkanes) is 10. The molecule has 0 saturated heterocycles. The molecule has 82 heavy (non-hydrogen) atoms. The summed E-state index contributed by atoms with van der Waals surface area (Å²) in [6.07, 6.45) is 12.9. The topological polar surface area (TPSA) is 175 Å². The van der Waals surface area contributed by atoms with E-state index in [4.69, 9.17) is 9.47 Å². The van der Waals surface area contributed by atoms with Gasteiger partial charge in [0.1, 0.15) is 34.6 Å². The predicted molar refractivity (Wildman–Crippen MR) is 321 cm³/mol. The smallest absolute Gasteiger partial charge is 0.326 e. The lowest BCUT2D eigenvalue weighted by atomic mass is 9.81. The molecule has 0 aliphatic heterocycles. The van der Waals surface area contributed by atoms with Crippen LogP contribution in [0.1, 0.15) is 209 Å². The lowest BCUT2D eigenvalue weighted by Gasteiger charge is -2.27. The minimum atomic E-state index is -0.828. The maximum Gasteiger partial charge on any atom is 0.326 e. The molecule has 12 nitrogen and oxygen atoms in total. The zero-order valence-corrected chi connectivity index (χ0v) is 49.1. The lowest BCUT2D eigenvalue weighted by molar-refractivity contribution is 0.0957. The Morgan fingerprint density at radius 3 is 1.02 bits per heavy atom. The van der Waals surface area contributed by atoms with Crippen molar-refractivity contribution in [3.63, 3.8) is 0 Å². The summed E-state index contributed by atoms with van der Waals surface area (Å²) in [5.41, 5.74) is 6.69. The largest absolute Gasteiger partial charge is 0.507 e. The summed E-state index contributed by atoms with van der Waals surface area (Å²) in [6.45, 7) is 17.7. The van der Waals surface area contributed by atoms with Gasteiger partial charge in [-0.2, -0.15) is 0 Å². The highest BCUT2D eigenvalue weighted by Crippen LogP contribution is 2.43. The molecule has 14 heteroatoms. The summed E-state index contributed by atoms with van der Waals surface area (Å²) in [5.74, 6) is -1.37. The Balaban J connectivity index is 1.43. The number of carbonyl (C=O) groups is 4. The zero-order chi connectivity index (χ0) is 59.1. The molecular weight excluding hydrogens is 1040 g/mol. The van der Waals surface area contributed by atoms with E-state index in [1.54, 1.807) is 24.3 Å². The summed E-state index contributed by atoms with van der Waals surface area (Å²) < 4.78 is 41.4. The monoisotopic (exact) mass is 1120 g/mol. The van der Waals surface area contributed by atoms with Gasteiger partial charge in [0.25, 0.3) is 11.8 Å². The van der Waals surface area contributed by atoms with Crippen molar-refractivity contribution in [2.75, 3.05) is 23.8 Å². The highest BCUT2D eigenvalue weighted by atomic mass is 19.1. The standard InChI is InChI=1S/C68H82F2N4O8/c1-9-11-13-15-17-19-29-81-61-49-31-45-39-57(71-65(79)73-63(77)43-21-25-55(69)26-22-43)41-47(59(45)75)33-51-37-54(68(6,7)8)38-52(62(51)82-30-20-18-16-14-12-10-2)34-48-42-58(72-66(80)74-64(78)44-23-27-56(70)28-24-44)40-46(60(48)76)32-50(61)36-53(35-49)67(3,4)5/h21-28,35-42,75-76H,9-20,29-34H2,1-8H3,(H2,71,73,77,79)(H2,72,74,78,80). The first-order valence-corrected chi connectivity index (χ1v) is 29.1. The number of benzene rings is 6. The third-order valence-corrected chi connectivity index (χ3v) is 14.9. The Morgan fingerprint density at radius 2 is 0.732 bits per heavy atom. The number of phenols is 2. The fraction of sp³-hybridized carbons (Fsp3) is 0.412. The number of phenolic OH excluding ortho intramolecular Hbond substituents is 2. The van der Waals surface area contributed by atoms with E-state index in [2.05, 4.69) is 101 Å². The molecule has 0 heterocycles. The van der Waals surface area contributed by atoms with Crippen molar-refractivity contribution in [1.29, 1.82) is 0 Å². The van der Waals surface area contributed by atoms with Crippen molar-refractivity contribution in [2.24, 2.45) is 0 Å². The Bertz CT molecular complexity index is 2900. The molecule has 1 aliphatic carbocycles. The average Bonchev–Trinajstić information content (AvgIpc) is 3.43. The van der Waals surface area contributed by atoms with Gasteiger partial charge in [0.05, 0.1) is 13.2 Å². The Hall–Kier alpha value is -7.74. The third kappa shape index (κ3) is 17.2. The number of anilines is 2. The molecule has 0 atom stereocenters. The van der Waals surface area contributed by atoms with Gasteiger partial charge < -0.3 is 30.3 Å². The number of halogens is 2. The Kier molecular flexibility index (Phi) is 21.4. The lowest BCUT2D eigenvalue weighted by Crippen LogP contribution is -2.34. The molecule has 6 amide bonds. The molecule has 0 radical (unpaired) electrons. The normalized spacial score (nSPS) is 12.3. The summed E-state index contributed by atoms with van der Waals surface area (Å²) >= 11 is 0. The zero-order valence-electron chi connectivity index (χ0n) is 49.1. The number of carbonyl (C=O) groups excluding carboxylic acids is 4. The number of amides is 6. The van der Waals surface area contributed by atoms with Gasteiger partial charge in [0, 0.05) is 70.4 Å². The maximum absolute atomic E-state index is 13.8. The summed E-state index contributed by atoms with van der Waals surface area (Å²) in [5, 5.41) is 35.9. The van der Waals surface area contributed by atoms with Crippen molar-refractivity contribution in [2.45, 2.75) is 169 Å². The molecule has 6 aromatic rings. The van der Waals surface area contributed by atoms with E-state index in [0.29, 0.717) is 58.3 Å². The van der Waals surface area contributed by atoms with E-state index in [0.717, 1.165) is 135 Å². The van der Waals surface area contributed by atoms with Crippen LogP contribution in [-0.4, -0.2) is 47.3 Å². The molecule has 1 aliphatic rings. The van der Waals surface area contributed by atoms with E-state index in [9.17, 15) is 38.2 Å². The summed E-state index contributed by atoms with van der Waals surface area (Å²) in [6, 6.07) is 23.2. The van der Waals surface area contributed by atoms with Crippen LogP contribution in [0.3, 0.4) is 0 Å². The Morgan fingerprint density at radius 1 is 0.439 bits per heavy atom. The van der Waals surface area contributed by atoms with Gasteiger partial charge in [0.15, 0.2) is 0 Å². The van der Waals surface area contributed by atoms with Gasteiger partial charge in [0.2, 0.25) is 0 Å². The number of rotatable bonds is 20. The summed E-state index contributed by atoms with van der Waals surface area (Å²) in [7, 11) is 0. The number of hydrogen-bond donors (Lipinski definition) is 6. The average molecular weight is 1120 g/mol. The summed E-state index contributed by atoms with van der Waals surface area (Å²) in [4.78, 5) is 54.1. The van der Waals surface area contributed by atoms with Crippen molar-refractivity contribution >= 4 is 35.3 Å². The van der Waals surface area contributed by atoms with Gasteiger partial charge >= 0.3 is 12.1 Å². The number of aromatic hydroxyl groups is 2. The van der Waals surface area contributed by atoms with E-state index in [1.165, 1.54) is 24.3 Å². The molecule has 0 saturated carbocycles. The molecule has 0 aromatic heterocycles. The molecular formula is C68H82F2N4O8. The van der Waals surface area contributed by atoms with E-state index < -0.39 is 46.3 Å². The number of fused-ring (bicyclic) bond motifs is 8. The van der Waals surface area contributed by atoms with Crippen LogP contribution in [0.4, 0.5) is 29.7 Å². The van der Waals surface area contributed by atoms with Gasteiger partial charge in [-0.3, -0.25) is 20.2 Å². The van der Waals surface area contributed by atoms with E-state index >= 15 is 0 Å². The number of urea groups is 2. The highest BCUT2D eigenvalue weighted by Gasteiger charge is 2.28. The van der Waals surface area contributed by atoms with Crippen molar-refractivity contribution in [3.05, 3.63) is 175 Å². The fourth-order valence-electron chi connectivity index (χ4n) is 10.3. The molecule has 6 aromatic carbocycles. The minimum absolute atomic E-state index is 0.00405. The van der Waals surface area contributed by atoms with Gasteiger partial charge in [-0.1, -0.05) is 144 Å². The van der Waals surface area contributed by atoms with Gasteiger partial charge in [-0.15, -0.1) is 0 Å². The highest BCUT2D eigenvalue weighted by molar-refractivity contribution is 6.08. The number of ether oxygens (including phenoxy) is 2. The number of imide groups is 2. The molecule has 6 N–H and O–H groups in total. The second-order valence-corrected chi connectivity index (χ2v) is 23.8. The molecule has 8 bridgehead atoms. The molecule has 0 unspecified atom stereocenters.